The molecule has 0 saturated carbocycles. The van der Waals surface area contributed by atoms with Gasteiger partial charge in [0.05, 0.1) is 13.2 Å². The van der Waals surface area contributed by atoms with Crippen LogP contribution in [0.3, 0.4) is 0 Å². The van der Waals surface area contributed by atoms with Gasteiger partial charge in [-0.25, -0.2) is 9.78 Å². The molecule has 0 aromatic carbocycles. The Morgan fingerprint density at radius 2 is 2.00 bits per heavy atom. The number of urea groups is 1. The quantitative estimate of drug-likeness (QED) is 0.823. The third-order valence-corrected chi connectivity index (χ3v) is 3.14. The Kier molecular flexibility index (Phi) is 6.78. The lowest BCUT2D eigenvalue weighted by Gasteiger charge is -2.23. The molecule has 122 valence electrons. The van der Waals surface area contributed by atoms with Gasteiger partial charge in [0, 0.05) is 24.8 Å². The number of pyridine rings is 1. The predicted octanol–water partition coefficient (Wildman–Crippen LogP) is 1.14. The summed E-state index contributed by atoms with van der Waals surface area (Å²) in [4.78, 5) is 29.5. The van der Waals surface area contributed by atoms with Crippen LogP contribution in [0.1, 0.15) is 26.3 Å². The molecule has 0 aliphatic carbocycles. The van der Waals surface area contributed by atoms with Gasteiger partial charge in [-0.15, -0.1) is 0 Å². The fourth-order valence-electron chi connectivity index (χ4n) is 1.76. The number of likely N-dealkylation sites (N-methyl/N-ethyl adjacent to an activating group) is 1. The molecule has 1 atom stereocenters. The van der Waals surface area contributed by atoms with E-state index in [-0.39, 0.29) is 11.9 Å². The van der Waals surface area contributed by atoms with Crippen molar-refractivity contribution < 1.29 is 14.3 Å². The highest BCUT2D eigenvalue weighted by molar-refractivity contribution is 5.96. The Morgan fingerprint density at radius 3 is 2.50 bits per heavy atom. The summed E-state index contributed by atoms with van der Waals surface area (Å²) in [5.74, 6) is 0.199. The van der Waals surface area contributed by atoms with Crippen LogP contribution in [0.15, 0.2) is 18.3 Å². The average molecular weight is 308 g/mol. The number of nitrogens with zero attached hydrogens (tertiary/aromatic N) is 2. The molecule has 1 rings (SSSR count). The monoisotopic (exact) mass is 308 g/mol. The molecule has 2 N–H and O–H groups in total. The Bertz CT molecular complexity index is 502. The van der Waals surface area contributed by atoms with Gasteiger partial charge in [-0.05, 0) is 33.4 Å². The van der Waals surface area contributed by atoms with Crippen LogP contribution in [0.25, 0.3) is 0 Å². The molecule has 0 spiro atoms. The van der Waals surface area contributed by atoms with Crippen molar-refractivity contribution >= 4 is 11.9 Å². The number of hydrogen-bond acceptors (Lipinski definition) is 5. The van der Waals surface area contributed by atoms with E-state index in [1.165, 1.54) is 0 Å². The largest absolute Gasteiger partial charge is 0.481 e. The summed E-state index contributed by atoms with van der Waals surface area (Å²) in [7, 11) is 3.37. The molecule has 0 unspecified atom stereocenters. The molecule has 7 heteroatoms. The standard InChI is InChI=1S/C15H24N4O3/c1-10(2)17-15(21)18-14(20)11(3)19(4)9-12-6-7-13(22-5)16-8-12/h6-8,10-11H,9H2,1-5H3,(H2,17,18,20,21)/t11-/m0/s1. The molecule has 0 saturated heterocycles. The molecule has 22 heavy (non-hydrogen) atoms. The second kappa shape index (κ2) is 8.33. The molecular weight excluding hydrogens is 284 g/mol. The van der Waals surface area contributed by atoms with Crippen molar-refractivity contribution in [3.05, 3.63) is 23.9 Å². The van der Waals surface area contributed by atoms with Gasteiger partial charge in [0.15, 0.2) is 0 Å². The molecular formula is C15H24N4O3. The lowest BCUT2D eigenvalue weighted by molar-refractivity contribution is -0.124. The van der Waals surface area contributed by atoms with Crippen molar-refractivity contribution in [1.29, 1.82) is 0 Å². The second-order valence-electron chi connectivity index (χ2n) is 5.42. The van der Waals surface area contributed by atoms with E-state index in [4.69, 9.17) is 4.74 Å². The molecule has 3 amide bonds. The number of ether oxygens (including phenoxy) is 1. The van der Waals surface area contributed by atoms with Crippen LogP contribution in [0.5, 0.6) is 5.88 Å². The van der Waals surface area contributed by atoms with Gasteiger partial charge in [-0.1, -0.05) is 6.07 Å². The van der Waals surface area contributed by atoms with Gasteiger partial charge in [0.2, 0.25) is 11.8 Å². The lowest BCUT2D eigenvalue weighted by atomic mass is 10.2. The van der Waals surface area contributed by atoms with E-state index in [1.54, 1.807) is 26.3 Å². The number of rotatable bonds is 6. The normalized spacial score (nSPS) is 12.1. The van der Waals surface area contributed by atoms with E-state index >= 15 is 0 Å². The number of amides is 3. The van der Waals surface area contributed by atoms with Crippen molar-refractivity contribution in [3.8, 4) is 5.88 Å². The zero-order valence-electron chi connectivity index (χ0n) is 13.7. The fraction of sp³-hybridized carbons (Fsp3) is 0.533. The molecule has 1 aromatic rings. The molecule has 1 heterocycles. The second-order valence-corrected chi connectivity index (χ2v) is 5.42. The van der Waals surface area contributed by atoms with Crippen molar-refractivity contribution in [2.45, 2.75) is 39.4 Å². The van der Waals surface area contributed by atoms with Crippen molar-refractivity contribution in [2.24, 2.45) is 0 Å². The minimum atomic E-state index is -0.480. The number of methoxy groups -OCH3 is 1. The minimum Gasteiger partial charge on any atom is -0.481 e. The van der Waals surface area contributed by atoms with Crippen LogP contribution in [-0.4, -0.2) is 48.1 Å². The van der Waals surface area contributed by atoms with Gasteiger partial charge >= 0.3 is 6.03 Å². The number of hydrogen-bond donors (Lipinski definition) is 2. The number of carbonyl (C=O) groups is 2. The van der Waals surface area contributed by atoms with E-state index < -0.39 is 12.1 Å². The SMILES string of the molecule is COc1ccc(CN(C)[C@@H](C)C(=O)NC(=O)NC(C)C)cn1. The Labute approximate surface area is 131 Å². The predicted molar refractivity (Wildman–Crippen MR) is 83.5 cm³/mol. The smallest absolute Gasteiger partial charge is 0.321 e. The Morgan fingerprint density at radius 1 is 1.32 bits per heavy atom. The summed E-state index contributed by atoms with van der Waals surface area (Å²) in [5.41, 5.74) is 0.953. The van der Waals surface area contributed by atoms with Crippen molar-refractivity contribution in [3.63, 3.8) is 0 Å². The third-order valence-electron chi connectivity index (χ3n) is 3.14. The Balaban J connectivity index is 2.54. The highest BCUT2D eigenvalue weighted by atomic mass is 16.5. The average Bonchev–Trinajstić information content (AvgIpc) is 2.46. The number of nitrogens with one attached hydrogen (secondary N) is 2. The summed E-state index contributed by atoms with van der Waals surface area (Å²) in [6, 6.07) is 2.71. The van der Waals surface area contributed by atoms with Gasteiger partial charge in [0.25, 0.3) is 0 Å². The van der Waals surface area contributed by atoms with Crippen LogP contribution < -0.4 is 15.4 Å². The van der Waals surface area contributed by atoms with Crippen LogP contribution in [-0.2, 0) is 11.3 Å². The molecule has 0 bridgehead atoms. The summed E-state index contributed by atoms with van der Waals surface area (Å²) in [6.45, 7) is 5.94. The maximum Gasteiger partial charge on any atom is 0.321 e. The van der Waals surface area contributed by atoms with Crippen LogP contribution in [0.2, 0.25) is 0 Å². The number of carbonyl (C=O) groups excluding carboxylic acids is 2. The van der Waals surface area contributed by atoms with Crippen LogP contribution in [0.4, 0.5) is 4.79 Å². The first kappa shape index (κ1) is 17.9. The molecule has 7 nitrogen and oxygen atoms in total. The Hall–Kier alpha value is -2.15. The van der Waals surface area contributed by atoms with Crippen LogP contribution in [0, 0.1) is 0 Å². The lowest BCUT2D eigenvalue weighted by Crippen LogP contribution is -2.49. The number of imide groups is 1. The first-order valence-electron chi connectivity index (χ1n) is 7.14. The zero-order chi connectivity index (χ0) is 16.7. The molecule has 0 radical (unpaired) electrons. The van der Waals surface area contributed by atoms with Gasteiger partial charge in [0.1, 0.15) is 0 Å². The highest BCUT2D eigenvalue weighted by Crippen LogP contribution is 2.10. The van der Waals surface area contributed by atoms with Gasteiger partial charge in [-0.3, -0.25) is 15.0 Å². The van der Waals surface area contributed by atoms with E-state index in [9.17, 15) is 9.59 Å². The summed E-state index contributed by atoms with van der Waals surface area (Å²) in [6.07, 6.45) is 1.70. The van der Waals surface area contributed by atoms with E-state index in [1.807, 2.05) is 31.9 Å². The first-order chi connectivity index (χ1) is 10.3. The molecule has 0 aliphatic rings. The van der Waals surface area contributed by atoms with E-state index in [0.29, 0.717) is 12.4 Å². The van der Waals surface area contributed by atoms with Crippen LogP contribution >= 0.6 is 0 Å². The van der Waals surface area contributed by atoms with E-state index in [2.05, 4.69) is 15.6 Å². The summed E-state index contributed by atoms with van der Waals surface area (Å²) in [5, 5.41) is 4.95. The van der Waals surface area contributed by atoms with Gasteiger partial charge in [-0.2, -0.15) is 0 Å². The van der Waals surface area contributed by atoms with E-state index in [0.717, 1.165) is 5.56 Å². The van der Waals surface area contributed by atoms with Crippen molar-refractivity contribution in [1.82, 2.24) is 20.5 Å². The van der Waals surface area contributed by atoms with Crippen molar-refractivity contribution in [2.75, 3.05) is 14.2 Å². The van der Waals surface area contributed by atoms with Gasteiger partial charge < -0.3 is 10.1 Å². The first-order valence-corrected chi connectivity index (χ1v) is 7.14. The summed E-state index contributed by atoms with van der Waals surface area (Å²) < 4.78 is 5.00. The molecule has 0 aliphatic heterocycles. The maximum atomic E-state index is 12.0. The summed E-state index contributed by atoms with van der Waals surface area (Å²) >= 11 is 0. The fourth-order valence-corrected chi connectivity index (χ4v) is 1.76. The number of aromatic nitrogens is 1. The topological polar surface area (TPSA) is 83.6 Å². The third kappa shape index (κ3) is 5.69. The molecule has 0 fully saturated rings. The maximum absolute atomic E-state index is 12.0. The molecule has 1 aromatic heterocycles. The highest BCUT2D eigenvalue weighted by Gasteiger charge is 2.20. The zero-order valence-corrected chi connectivity index (χ0v) is 13.7. The minimum absolute atomic E-state index is 0.0220.